The molecule has 2 heterocycles. The molecule has 0 aliphatic rings. The predicted octanol–water partition coefficient (Wildman–Crippen LogP) is 2.02. The summed E-state index contributed by atoms with van der Waals surface area (Å²) in [6.07, 6.45) is 5.60. The second-order valence-corrected chi connectivity index (χ2v) is 3.71. The van der Waals surface area contributed by atoms with E-state index in [1.54, 1.807) is 12.4 Å². The summed E-state index contributed by atoms with van der Waals surface area (Å²) < 4.78 is 1.95. The number of hydrogen-bond acceptors (Lipinski definition) is 3. The van der Waals surface area contributed by atoms with Crippen LogP contribution < -0.4 is 0 Å². The first-order valence-electron chi connectivity index (χ1n) is 5.36. The van der Waals surface area contributed by atoms with E-state index in [0.29, 0.717) is 12.1 Å². The van der Waals surface area contributed by atoms with Crippen LogP contribution in [0.5, 0.6) is 0 Å². The lowest BCUT2D eigenvalue weighted by molar-refractivity contribution is 0.169. The van der Waals surface area contributed by atoms with Crippen molar-refractivity contribution in [1.82, 2.24) is 14.5 Å². The Morgan fingerprint density at radius 2 is 2.19 bits per heavy atom. The number of pyridine rings is 1. The van der Waals surface area contributed by atoms with Gasteiger partial charge in [-0.15, -0.1) is 0 Å². The highest BCUT2D eigenvalue weighted by Gasteiger charge is 2.06. The fourth-order valence-corrected chi connectivity index (χ4v) is 1.60. The summed E-state index contributed by atoms with van der Waals surface area (Å²) >= 11 is 0. The number of aromatic nitrogens is 3. The smallest absolute Gasteiger partial charge is 0.110 e. The van der Waals surface area contributed by atoms with Crippen LogP contribution in [-0.2, 0) is 0 Å². The van der Waals surface area contributed by atoms with Crippen molar-refractivity contribution in [2.45, 2.75) is 26.4 Å². The molecule has 0 radical (unpaired) electrons. The Kier molecular flexibility index (Phi) is 3.01. The van der Waals surface area contributed by atoms with Gasteiger partial charge < -0.3 is 9.67 Å². The molecule has 0 saturated heterocycles. The zero-order chi connectivity index (χ0) is 11.5. The minimum absolute atomic E-state index is 0.474. The van der Waals surface area contributed by atoms with Crippen molar-refractivity contribution in [3.63, 3.8) is 0 Å². The molecule has 2 aromatic heterocycles. The topological polar surface area (TPSA) is 50.9 Å². The summed E-state index contributed by atoms with van der Waals surface area (Å²) in [6.45, 7) is 3.87. The number of rotatable bonds is 3. The first-order valence-corrected chi connectivity index (χ1v) is 5.36. The molecule has 0 saturated carbocycles. The summed E-state index contributed by atoms with van der Waals surface area (Å²) in [5, 5.41) is 9.62. The van der Waals surface area contributed by atoms with Crippen LogP contribution in [0.15, 0.2) is 30.7 Å². The molecule has 0 unspecified atom stereocenters. The van der Waals surface area contributed by atoms with E-state index in [2.05, 4.69) is 9.97 Å². The van der Waals surface area contributed by atoms with Gasteiger partial charge in [-0.05, 0) is 25.5 Å². The van der Waals surface area contributed by atoms with Gasteiger partial charge in [-0.25, -0.2) is 4.98 Å². The van der Waals surface area contributed by atoms with Crippen LogP contribution >= 0.6 is 0 Å². The quantitative estimate of drug-likeness (QED) is 0.855. The van der Waals surface area contributed by atoms with Gasteiger partial charge in [-0.2, -0.15) is 0 Å². The van der Waals surface area contributed by atoms with Crippen molar-refractivity contribution >= 4 is 0 Å². The number of imidazole rings is 1. The number of aliphatic hydroxyl groups is 1. The normalized spacial score (nSPS) is 12.7. The van der Waals surface area contributed by atoms with Gasteiger partial charge in [-0.1, -0.05) is 6.92 Å². The Balaban J connectivity index is 2.30. The molecule has 84 valence electrons. The Morgan fingerprint density at radius 3 is 2.69 bits per heavy atom. The van der Waals surface area contributed by atoms with E-state index < -0.39 is 6.10 Å². The third-order valence-electron chi connectivity index (χ3n) is 2.60. The van der Waals surface area contributed by atoms with E-state index in [1.165, 1.54) is 0 Å². The molecule has 4 nitrogen and oxygen atoms in total. The van der Waals surface area contributed by atoms with Gasteiger partial charge in [0.15, 0.2) is 0 Å². The average Bonchev–Trinajstić information content (AvgIpc) is 2.75. The molecular weight excluding hydrogens is 202 g/mol. The Bertz CT molecular complexity index is 461. The summed E-state index contributed by atoms with van der Waals surface area (Å²) in [5.74, 6) is 0.922. The number of aryl methyl sites for hydroxylation is 1. The second-order valence-electron chi connectivity index (χ2n) is 3.71. The minimum atomic E-state index is -0.474. The maximum atomic E-state index is 9.62. The lowest BCUT2D eigenvalue weighted by atomic mass is 10.2. The number of hydrogen-bond donors (Lipinski definition) is 1. The van der Waals surface area contributed by atoms with Crippen LogP contribution in [0.2, 0.25) is 0 Å². The SMILES string of the molecule is CC[C@@H](O)c1ccc(-n2ccnc2C)cn1. The Labute approximate surface area is 94.6 Å². The summed E-state index contributed by atoms with van der Waals surface area (Å²) in [6, 6.07) is 3.79. The lowest BCUT2D eigenvalue weighted by Crippen LogP contribution is -2.01. The fourth-order valence-electron chi connectivity index (χ4n) is 1.60. The van der Waals surface area contributed by atoms with E-state index in [4.69, 9.17) is 0 Å². The Hall–Kier alpha value is -1.68. The third-order valence-corrected chi connectivity index (χ3v) is 2.60. The van der Waals surface area contributed by atoms with Crippen molar-refractivity contribution in [3.05, 3.63) is 42.2 Å². The summed E-state index contributed by atoms with van der Waals surface area (Å²) in [5.41, 5.74) is 1.67. The standard InChI is InChI=1S/C12H15N3O/c1-3-12(16)11-5-4-10(8-14-11)15-7-6-13-9(15)2/h4-8,12,16H,3H2,1-2H3/t12-/m1/s1. The molecule has 0 spiro atoms. The van der Waals surface area contributed by atoms with Gasteiger partial charge in [0.1, 0.15) is 5.82 Å². The van der Waals surface area contributed by atoms with E-state index in [1.807, 2.05) is 36.7 Å². The first-order chi connectivity index (χ1) is 7.72. The van der Waals surface area contributed by atoms with Gasteiger partial charge in [0.25, 0.3) is 0 Å². The molecule has 0 aliphatic heterocycles. The first kappa shape index (κ1) is 10.8. The van der Waals surface area contributed by atoms with Gasteiger partial charge in [0, 0.05) is 12.4 Å². The van der Waals surface area contributed by atoms with Crippen molar-refractivity contribution in [1.29, 1.82) is 0 Å². The summed E-state index contributed by atoms with van der Waals surface area (Å²) in [7, 11) is 0. The molecule has 4 heteroatoms. The van der Waals surface area contributed by atoms with Gasteiger partial charge >= 0.3 is 0 Å². The molecule has 2 aromatic rings. The Morgan fingerprint density at radius 1 is 1.38 bits per heavy atom. The predicted molar refractivity (Wildman–Crippen MR) is 61.3 cm³/mol. The van der Waals surface area contributed by atoms with Crippen LogP contribution in [0.25, 0.3) is 5.69 Å². The molecular formula is C12H15N3O. The van der Waals surface area contributed by atoms with E-state index in [-0.39, 0.29) is 0 Å². The molecule has 0 bridgehead atoms. The summed E-state index contributed by atoms with van der Waals surface area (Å²) in [4.78, 5) is 8.40. The maximum absolute atomic E-state index is 9.62. The number of nitrogens with zero attached hydrogens (tertiary/aromatic N) is 3. The van der Waals surface area contributed by atoms with Crippen molar-refractivity contribution in [3.8, 4) is 5.69 Å². The van der Waals surface area contributed by atoms with Crippen LogP contribution in [0, 0.1) is 6.92 Å². The molecule has 16 heavy (non-hydrogen) atoms. The van der Waals surface area contributed by atoms with Crippen LogP contribution in [0.3, 0.4) is 0 Å². The van der Waals surface area contributed by atoms with Gasteiger partial charge in [0.05, 0.1) is 23.7 Å². The highest BCUT2D eigenvalue weighted by atomic mass is 16.3. The van der Waals surface area contributed by atoms with E-state index in [0.717, 1.165) is 11.5 Å². The molecule has 0 aliphatic carbocycles. The van der Waals surface area contributed by atoms with Gasteiger partial charge in [-0.3, -0.25) is 4.98 Å². The van der Waals surface area contributed by atoms with Crippen LogP contribution in [0.4, 0.5) is 0 Å². The molecule has 1 atom stereocenters. The second kappa shape index (κ2) is 4.45. The van der Waals surface area contributed by atoms with Crippen LogP contribution in [0.1, 0.15) is 31.0 Å². The van der Waals surface area contributed by atoms with Crippen LogP contribution in [-0.4, -0.2) is 19.6 Å². The van der Waals surface area contributed by atoms with Crippen molar-refractivity contribution in [2.24, 2.45) is 0 Å². The van der Waals surface area contributed by atoms with Crippen molar-refractivity contribution < 1.29 is 5.11 Å². The minimum Gasteiger partial charge on any atom is -0.387 e. The van der Waals surface area contributed by atoms with E-state index in [9.17, 15) is 5.11 Å². The molecule has 1 N–H and O–H groups in total. The fraction of sp³-hybridized carbons (Fsp3) is 0.333. The zero-order valence-electron chi connectivity index (χ0n) is 9.46. The largest absolute Gasteiger partial charge is 0.387 e. The lowest BCUT2D eigenvalue weighted by Gasteiger charge is -2.09. The van der Waals surface area contributed by atoms with Crippen molar-refractivity contribution in [2.75, 3.05) is 0 Å². The zero-order valence-corrected chi connectivity index (χ0v) is 9.46. The highest BCUT2D eigenvalue weighted by Crippen LogP contribution is 2.15. The molecule has 0 amide bonds. The molecule has 2 rings (SSSR count). The number of aliphatic hydroxyl groups excluding tert-OH is 1. The molecule has 0 aromatic carbocycles. The average molecular weight is 217 g/mol. The highest BCUT2D eigenvalue weighted by molar-refractivity contribution is 5.31. The van der Waals surface area contributed by atoms with Gasteiger partial charge in [0.2, 0.25) is 0 Å². The van der Waals surface area contributed by atoms with E-state index >= 15 is 0 Å². The maximum Gasteiger partial charge on any atom is 0.110 e. The monoisotopic (exact) mass is 217 g/mol. The molecule has 0 fully saturated rings. The third kappa shape index (κ3) is 1.97.